The molecule has 0 rings (SSSR count). The van der Waals surface area contributed by atoms with Crippen molar-refractivity contribution in [3.05, 3.63) is 11.8 Å². The summed E-state index contributed by atoms with van der Waals surface area (Å²) in [6.07, 6.45) is 2.04. The summed E-state index contributed by atoms with van der Waals surface area (Å²) in [4.78, 5) is 4.30. The molecule has 0 unspecified atom stereocenters. The number of rotatable bonds is 6. The summed E-state index contributed by atoms with van der Waals surface area (Å²) >= 11 is -0.952. The van der Waals surface area contributed by atoms with E-state index in [0.29, 0.717) is 0 Å². The van der Waals surface area contributed by atoms with Gasteiger partial charge in [-0.2, -0.15) is 0 Å². The molecule has 0 aliphatic rings. The van der Waals surface area contributed by atoms with Crippen LogP contribution in [0.2, 0.25) is 10.6 Å². The van der Waals surface area contributed by atoms with Crippen LogP contribution in [0.3, 0.4) is 0 Å². The first-order valence-electron chi connectivity index (χ1n) is 5.49. The zero-order valence-electron chi connectivity index (χ0n) is 10.1. The van der Waals surface area contributed by atoms with E-state index < -0.39 is 14.5 Å². The van der Waals surface area contributed by atoms with Crippen LogP contribution in [0.1, 0.15) is 34.6 Å². The van der Waals surface area contributed by atoms with E-state index >= 15 is 0 Å². The summed E-state index contributed by atoms with van der Waals surface area (Å²) in [6.45, 7) is 11.4. The molecule has 3 heteroatoms. The topological polar surface area (TPSA) is 21.6 Å². The first kappa shape index (κ1) is 13.7. The third-order valence-electron chi connectivity index (χ3n) is 2.08. The molecule has 0 bridgehead atoms. The number of hydrogen-bond donors (Lipinski definition) is 0. The number of hydrogen-bond acceptors (Lipinski definition) is 2. The Morgan fingerprint density at radius 3 is 2.21 bits per heavy atom. The average Bonchev–Trinajstić information content (AvgIpc) is 2.14. The highest BCUT2D eigenvalue weighted by molar-refractivity contribution is 6.51. The van der Waals surface area contributed by atoms with Gasteiger partial charge in [0, 0.05) is 12.3 Å². The number of allylic oxidation sites excluding steroid dienone is 2. The predicted octanol–water partition coefficient (Wildman–Crippen LogP) is 3.42. The molecule has 0 aromatic rings. The molecule has 14 heavy (non-hydrogen) atoms. The first-order valence-corrected chi connectivity index (χ1v) is 7.60. The van der Waals surface area contributed by atoms with Gasteiger partial charge in [0.15, 0.2) is 0 Å². The molecule has 0 aliphatic carbocycles. The molecule has 0 aromatic carbocycles. The average molecular weight is 211 g/mol. The van der Waals surface area contributed by atoms with Gasteiger partial charge in [-0.3, -0.25) is 4.99 Å². The Morgan fingerprint density at radius 2 is 1.79 bits per heavy atom. The van der Waals surface area contributed by atoms with Gasteiger partial charge in [-0.15, -0.1) is 0 Å². The fourth-order valence-corrected chi connectivity index (χ4v) is 2.85. The third kappa shape index (κ3) is 6.23. The van der Waals surface area contributed by atoms with Crippen molar-refractivity contribution in [3.63, 3.8) is 0 Å². The highest BCUT2D eigenvalue weighted by Gasteiger charge is 2.17. The van der Waals surface area contributed by atoms with Crippen LogP contribution in [0.5, 0.6) is 0 Å². The smallest absolute Gasteiger partial charge is 0.546 e. The maximum absolute atomic E-state index is 5.88. The zero-order valence-corrected chi connectivity index (χ0v) is 11.3. The fourth-order valence-electron chi connectivity index (χ4n) is 1.34. The summed E-state index contributed by atoms with van der Waals surface area (Å²) in [5.41, 5.74) is 1.06. The van der Waals surface area contributed by atoms with Crippen molar-refractivity contribution in [2.45, 2.75) is 45.2 Å². The number of aliphatic imine (C=N–C) groups is 1. The van der Waals surface area contributed by atoms with Gasteiger partial charge < -0.3 is 3.79 Å². The number of nitrogens with zero attached hydrogens (tertiary/aromatic N) is 1. The lowest BCUT2D eigenvalue weighted by Gasteiger charge is -2.12. The molecule has 0 aromatic heterocycles. The zero-order chi connectivity index (χ0) is 11.0. The second-order valence-corrected chi connectivity index (χ2v) is 6.54. The quantitative estimate of drug-likeness (QED) is 0.375. The van der Waals surface area contributed by atoms with E-state index in [-0.39, 0.29) is 0 Å². The molecule has 2 nitrogen and oxygen atoms in total. The standard InChI is InChI=1S/C7H13NO.2C2H5.Al/c1-4-8-6(2)5-7(3)9;2*1-2;/h5,9H,4H2,1-3H3;2*1H2,2H3;/q;;;+1/p-1/b7-5-,8-6?;;;. The Balaban J connectivity index is 4.17. The first-order chi connectivity index (χ1) is 6.63. The molecule has 0 saturated heterocycles. The normalized spacial score (nSPS) is 12.9. The minimum atomic E-state index is -0.952. The minimum Gasteiger partial charge on any atom is -0.646 e. The minimum absolute atomic E-state index is 0.845. The van der Waals surface area contributed by atoms with Crippen LogP contribution >= 0.6 is 0 Å². The van der Waals surface area contributed by atoms with Gasteiger partial charge in [-0.05, 0) is 26.8 Å². The third-order valence-corrected chi connectivity index (χ3v) is 4.61. The maximum atomic E-state index is 5.88. The second kappa shape index (κ2) is 8.08. The lowest BCUT2D eigenvalue weighted by molar-refractivity contribution is 0.434. The highest BCUT2D eigenvalue weighted by atomic mass is 27.2. The van der Waals surface area contributed by atoms with Gasteiger partial charge in [0.2, 0.25) is 0 Å². The van der Waals surface area contributed by atoms with Crippen molar-refractivity contribution < 1.29 is 3.79 Å². The molecule has 0 atom stereocenters. The van der Waals surface area contributed by atoms with Gasteiger partial charge in [0.25, 0.3) is 0 Å². The van der Waals surface area contributed by atoms with Gasteiger partial charge in [-0.25, -0.2) is 0 Å². The largest absolute Gasteiger partial charge is 0.646 e. The van der Waals surface area contributed by atoms with E-state index in [1.807, 2.05) is 26.8 Å². The predicted molar refractivity (Wildman–Crippen MR) is 65.2 cm³/mol. The van der Waals surface area contributed by atoms with Gasteiger partial charge in [-0.1, -0.05) is 24.4 Å². The molecular formula is C11H22AlNO. The maximum Gasteiger partial charge on any atom is 0.546 e. The van der Waals surface area contributed by atoms with Crippen molar-refractivity contribution in [3.8, 4) is 0 Å². The molecule has 0 N–H and O–H groups in total. The molecule has 80 valence electrons. The van der Waals surface area contributed by atoms with Crippen molar-refractivity contribution in [1.82, 2.24) is 0 Å². The lowest BCUT2D eigenvalue weighted by atomic mass is 10.3. The second-order valence-electron chi connectivity index (χ2n) is 3.43. The SMILES string of the molecule is CCN=C(C)/C=C(/C)[O][Al]([CH2]C)[CH2]C. The van der Waals surface area contributed by atoms with Crippen LogP contribution in [0.15, 0.2) is 16.8 Å². The summed E-state index contributed by atoms with van der Waals surface area (Å²) < 4.78 is 5.88. The molecule has 0 fully saturated rings. The summed E-state index contributed by atoms with van der Waals surface area (Å²) in [6, 6.07) is 0. The van der Waals surface area contributed by atoms with Crippen LogP contribution in [-0.2, 0) is 3.79 Å². The van der Waals surface area contributed by atoms with Crippen molar-refractivity contribution in [2.24, 2.45) is 4.99 Å². The Bertz CT molecular complexity index is 207. The van der Waals surface area contributed by atoms with Crippen molar-refractivity contribution in [2.75, 3.05) is 6.54 Å². The summed E-state index contributed by atoms with van der Waals surface area (Å²) in [5.74, 6) is 1.03. The monoisotopic (exact) mass is 211 g/mol. The Labute approximate surface area is 92.8 Å². The van der Waals surface area contributed by atoms with E-state index in [9.17, 15) is 0 Å². The Kier molecular flexibility index (Phi) is 7.94. The van der Waals surface area contributed by atoms with Gasteiger partial charge in [0.1, 0.15) is 0 Å². The van der Waals surface area contributed by atoms with E-state index in [1.54, 1.807) is 0 Å². The molecule has 0 saturated carbocycles. The molecule has 0 aliphatic heterocycles. The van der Waals surface area contributed by atoms with Crippen molar-refractivity contribution >= 4 is 20.2 Å². The molecule has 0 heterocycles. The molecule has 0 radical (unpaired) electrons. The van der Waals surface area contributed by atoms with Gasteiger partial charge >= 0.3 is 14.5 Å². The van der Waals surface area contributed by atoms with Crippen LogP contribution in [0.25, 0.3) is 0 Å². The van der Waals surface area contributed by atoms with Gasteiger partial charge in [0.05, 0.1) is 5.76 Å². The van der Waals surface area contributed by atoms with E-state index in [2.05, 4.69) is 18.8 Å². The summed E-state index contributed by atoms with van der Waals surface area (Å²) in [5, 5.41) is 2.40. The Morgan fingerprint density at radius 1 is 1.21 bits per heavy atom. The molecule has 0 amide bonds. The van der Waals surface area contributed by atoms with Crippen LogP contribution < -0.4 is 0 Å². The lowest BCUT2D eigenvalue weighted by Crippen LogP contribution is -2.14. The van der Waals surface area contributed by atoms with Crippen molar-refractivity contribution in [1.29, 1.82) is 0 Å². The fraction of sp³-hybridized carbons (Fsp3) is 0.727. The van der Waals surface area contributed by atoms with E-state index in [1.165, 1.54) is 10.6 Å². The van der Waals surface area contributed by atoms with Crippen LogP contribution in [0.4, 0.5) is 0 Å². The molecule has 0 spiro atoms. The van der Waals surface area contributed by atoms with Crippen LogP contribution in [0, 0.1) is 0 Å². The highest BCUT2D eigenvalue weighted by Crippen LogP contribution is 2.06. The van der Waals surface area contributed by atoms with E-state index in [4.69, 9.17) is 3.79 Å². The Hall–Kier alpha value is -0.258. The molecular weight excluding hydrogens is 189 g/mol. The van der Waals surface area contributed by atoms with E-state index in [0.717, 1.165) is 18.0 Å². The van der Waals surface area contributed by atoms with Crippen LogP contribution in [-0.4, -0.2) is 26.7 Å². The summed E-state index contributed by atoms with van der Waals surface area (Å²) in [7, 11) is 0.